The van der Waals surface area contributed by atoms with Gasteiger partial charge >= 0.3 is 0 Å². The van der Waals surface area contributed by atoms with Gasteiger partial charge in [-0.15, -0.1) is 0 Å². The van der Waals surface area contributed by atoms with Crippen molar-refractivity contribution in [3.05, 3.63) is 184 Å². The Kier molecular flexibility index (Phi) is 15.9. The van der Waals surface area contributed by atoms with Crippen LogP contribution in [-0.2, 0) is 14.4 Å². The topological polar surface area (TPSA) is 102 Å². The number of anilines is 6. The standard InChI is InChI=1S/C60H66N4O4/c1-9-13-15-43(11-3)59(67)61-53-37-49(63(45-25-17-39(5)18-26-45)46-27-19-40(6)20-28-46)33-35-51(53)55-57(65)56(58(55)66)52-36-34-50(38-54(52)62-60(68)44(12-4)16-14-10-2)64(47-29-21-41(7)22-30-47)48-31-23-42(8)24-32-48/h17-38,43-44,65H,9-16H2,1-8H3,(H,61,67)/b56-52+,62-54?. The van der Waals surface area contributed by atoms with Gasteiger partial charge in [0, 0.05) is 57.1 Å². The molecular formula is C60H66N4O4. The number of Topliss-reactive ketones (excluding diaryl/α,β-unsaturated/α-hetero) is 1. The van der Waals surface area contributed by atoms with Gasteiger partial charge in [0.1, 0.15) is 5.76 Å². The zero-order valence-corrected chi connectivity index (χ0v) is 41.0. The van der Waals surface area contributed by atoms with Gasteiger partial charge in [0.25, 0.3) is 0 Å². The van der Waals surface area contributed by atoms with Crippen LogP contribution in [0.2, 0.25) is 0 Å². The van der Waals surface area contributed by atoms with Gasteiger partial charge in [0.15, 0.2) is 0 Å². The van der Waals surface area contributed by atoms with Crippen molar-refractivity contribution in [2.24, 2.45) is 16.8 Å². The molecule has 0 bridgehead atoms. The molecule has 2 N–H and O–H groups in total. The third-order valence-electron chi connectivity index (χ3n) is 13.1. The monoisotopic (exact) mass is 907 g/mol. The molecule has 2 atom stereocenters. The van der Waals surface area contributed by atoms with E-state index in [4.69, 9.17) is 4.99 Å². The number of unbranched alkanes of at least 4 members (excludes halogenated alkanes) is 2. The molecule has 0 aromatic heterocycles. The highest BCUT2D eigenvalue weighted by molar-refractivity contribution is 6.42. The van der Waals surface area contributed by atoms with Crippen LogP contribution in [0.25, 0.3) is 5.57 Å². The van der Waals surface area contributed by atoms with Crippen molar-refractivity contribution in [3.63, 3.8) is 0 Å². The maximum atomic E-state index is 14.8. The number of amides is 2. The van der Waals surface area contributed by atoms with Crippen LogP contribution in [0.3, 0.4) is 0 Å². The minimum atomic E-state index is -0.402. The first-order valence-electron chi connectivity index (χ1n) is 24.4. The van der Waals surface area contributed by atoms with Crippen molar-refractivity contribution in [2.75, 3.05) is 15.1 Å². The molecule has 0 aliphatic heterocycles. The highest BCUT2D eigenvalue weighted by Gasteiger charge is 2.40. The SMILES string of the molecule is CCCCC(CC)C(=O)N=C1C=C(N(c2ccc(C)cc2)c2ccc(C)cc2)C=C/C1=C1\C(=O)C(c2ccc(N(c3ccc(C)cc3)c3ccc(C)cc3)cc2NC(=O)C(CC)CCCC)=C1O. The van der Waals surface area contributed by atoms with E-state index < -0.39 is 5.78 Å². The summed E-state index contributed by atoms with van der Waals surface area (Å²) >= 11 is 0. The van der Waals surface area contributed by atoms with E-state index in [1.807, 2.05) is 58.0 Å². The van der Waals surface area contributed by atoms with Gasteiger partial charge in [-0.2, -0.15) is 0 Å². The first-order valence-corrected chi connectivity index (χ1v) is 24.4. The lowest BCUT2D eigenvalue weighted by molar-refractivity contribution is -0.122. The van der Waals surface area contributed by atoms with E-state index in [0.29, 0.717) is 41.8 Å². The summed E-state index contributed by atoms with van der Waals surface area (Å²) in [5, 5.41) is 15.5. The van der Waals surface area contributed by atoms with Gasteiger partial charge in [-0.05, 0) is 138 Å². The molecule has 8 heteroatoms. The highest BCUT2D eigenvalue weighted by atomic mass is 16.3. The maximum absolute atomic E-state index is 14.8. The number of allylic oxidation sites excluding steroid dienone is 6. The van der Waals surface area contributed by atoms with E-state index >= 15 is 0 Å². The van der Waals surface area contributed by atoms with Crippen LogP contribution in [0.1, 0.15) is 107 Å². The number of aryl methyl sites for hydroxylation is 4. The Morgan fingerprint density at radius 2 is 1.04 bits per heavy atom. The minimum Gasteiger partial charge on any atom is -0.506 e. The highest BCUT2D eigenvalue weighted by Crippen LogP contribution is 2.45. The molecule has 0 radical (unpaired) electrons. The number of carbonyl (C=O) groups excluding carboxylic acids is 3. The molecule has 2 aliphatic carbocycles. The van der Waals surface area contributed by atoms with Gasteiger partial charge < -0.3 is 20.2 Å². The predicted molar refractivity (Wildman–Crippen MR) is 282 cm³/mol. The number of aliphatic imine (C=N–C) groups is 1. The summed E-state index contributed by atoms with van der Waals surface area (Å²) in [6.45, 7) is 16.4. The number of aliphatic hydroxyl groups excluding tert-OH is 1. The quantitative estimate of drug-likeness (QED) is 0.0849. The van der Waals surface area contributed by atoms with Gasteiger partial charge in [-0.25, -0.2) is 4.99 Å². The maximum Gasteiger partial charge on any atom is 0.249 e. The number of benzene rings is 5. The van der Waals surface area contributed by atoms with E-state index in [1.165, 1.54) is 0 Å². The van der Waals surface area contributed by atoms with Gasteiger partial charge in [0.05, 0.1) is 22.5 Å². The smallest absolute Gasteiger partial charge is 0.249 e. The number of ketones is 1. The molecular weight excluding hydrogens is 841 g/mol. The summed E-state index contributed by atoms with van der Waals surface area (Å²) < 4.78 is 0. The van der Waals surface area contributed by atoms with Gasteiger partial charge in [0.2, 0.25) is 17.6 Å². The zero-order valence-electron chi connectivity index (χ0n) is 41.0. The van der Waals surface area contributed by atoms with E-state index in [1.54, 1.807) is 6.08 Å². The fraction of sp³-hybridized carbons (Fsp3) is 0.300. The molecule has 0 saturated carbocycles. The number of aliphatic hydroxyl groups is 1. The van der Waals surface area contributed by atoms with E-state index in [9.17, 15) is 19.5 Å². The summed E-state index contributed by atoms with van der Waals surface area (Å²) in [4.78, 5) is 52.1. The molecule has 0 heterocycles. The Hall–Kier alpha value is -7.06. The molecule has 0 saturated heterocycles. The number of rotatable bonds is 18. The molecule has 0 fully saturated rings. The summed E-state index contributed by atoms with van der Waals surface area (Å²) in [5.74, 6) is -1.53. The van der Waals surface area contributed by atoms with Crippen molar-refractivity contribution in [3.8, 4) is 0 Å². The van der Waals surface area contributed by atoms with E-state index in [0.717, 1.165) is 88.5 Å². The average Bonchev–Trinajstić information content (AvgIpc) is 3.33. The molecule has 5 aromatic rings. The third-order valence-corrected chi connectivity index (χ3v) is 13.1. The molecule has 5 aromatic carbocycles. The number of carbonyl (C=O) groups is 3. The van der Waals surface area contributed by atoms with E-state index in [-0.39, 0.29) is 40.6 Å². The van der Waals surface area contributed by atoms with Crippen LogP contribution < -0.4 is 15.1 Å². The lowest BCUT2D eigenvalue weighted by Crippen LogP contribution is -2.28. The fourth-order valence-electron chi connectivity index (χ4n) is 8.90. The van der Waals surface area contributed by atoms with Crippen molar-refractivity contribution in [1.82, 2.24) is 0 Å². The van der Waals surface area contributed by atoms with Gasteiger partial charge in [-0.3, -0.25) is 14.4 Å². The Morgan fingerprint density at radius 3 is 1.50 bits per heavy atom. The predicted octanol–water partition coefficient (Wildman–Crippen LogP) is 15.2. The molecule has 7 rings (SSSR count). The third kappa shape index (κ3) is 10.9. The van der Waals surface area contributed by atoms with Crippen molar-refractivity contribution >= 4 is 63.0 Å². The summed E-state index contributed by atoms with van der Waals surface area (Å²) in [6, 6.07) is 38.6. The van der Waals surface area contributed by atoms with Crippen molar-refractivity contribution in [2.45, 2.75) is 107 Å². The van der Waals surface area contributed by atoms with Crippen LogP contribution in [0.4, 0.5) is 34.1 Å². The number of hydrogen-bond donors (Lipinski definition) is 2. The van der Waals surface area contributed by atoms with Gasteiger partial charge in [-0.1, -0.05) is 124 Å². The Balaban J connectivity index is 1.38. The molecule has 0 spiro atoms. The molecule has 2 amide bonds. The molecule has 2 unspecified atom stereocenters. The van der Waals surface area contributed by atoms with Crippen LogP contribution in [-0.4, -0.2) is 28.4 Å². The number of hydrogen-bond acceptors (Lipinski definition) is 6. The van der Waals surface area contributed by atoms with Crippen LogP contribution >= 0.6 is 0 Å². The lowest BCUT2D eigenvalue weighted by atomic mass is 9.78. The second-order valence-electron chi connectivity index (χ2n) is 18.3. The number of nitrogens with zero attached hydrogens (tertiary/aromatic N) is 3. The second kappa shape index (κ2) is 22.2. The van der Waals surface area contributed by atoms with E-state index in [2.05, 4.69) is 140 Å². The van der Waals surface area contributed by atoms with Crippen LogP contribution in [0.5, 0.6) is 0 Å². The largest absolute Gasteiger partial charge is 0.506 e. The average molecular weight is 907 g/mol. The first-order chi connectivity index (χ1) is 32.8. The lowest BCUT2D eigenvalue weighted by Gasteiger charge is -2.31. The Morgan fingerprint density at radius 1 is 0.588 bits per heavy atom. The Labute approximate surface area is 403 Å². The first kappa shape index (κ1) is 48.9. The molecule has 8 nitrogen and oxygen atoms in total. The fourth-order valence-corrected chi connectivity index (χ4v) is 8.90. The second-order valence-corrected chi connectivity index (χ2v) is 18.3. The number of nitrogens with one attached hydrogen (secondary N) is 1. The van der Waals surface area contributed by atoms with Crippen molar-refractivity contribution < 1.29 is 19.5 Å². The summed E-state index contributed by atoms with van der Waals surface area (Å²) in [6.07, 6.45) is 12.0. The van der Waals surface area contributed by atoms with Crippen molar-refractivity contribution in [1.29, 1.82) is 0 Å². The Bertz CT molecular complexity index is 2700. The molecule has 68 heavy (non-hydrogen) atoms. The zero-order chi connectivity index (χ0) is 48.5. The summed E-state index contributed by atoms with van der Waals surface area (Å²) in [5.41, 5.74) is 11.4. The molecule has 350 valence electrons. The normalized spacial score (nSPS) is 16.0. The van der Waals surface area contributed by atoms with Crippen LogP contribution in [0.15, 0.2) is 161 Å². The minimum absolute atomic E-state index is 0.0774. The molecule has 2 aliphatic rings. The van der Waals surface area contributed by atoms with Crippen LogP contribution in [0, 0.1) is 39.5 Å². The summed E-state index contributed by atoms with van der Waals surface area (Å²) in [7, 11) is 0.